The van der Waals surface area contributed by atoms with E-state index in [4.69, 9.17) is 5.84 Å². The van der Waals surface area contributed by atoms with Crippen molar-refractivity contribution >= 4 is 31.9 Å². The Morgan fingerprint density at radius 2 is 1.76 bits per heavy atom. The quantitative estimate of drug-likeness (QED) is 0.550. The Hall–Kier alpha value is -0.890. The molecular weight excluding hydrogens is 413 g/mol. The molecular formula is C14H11Br2F3N2. The van der Waals surface area contributed by atoms with Crippen molar-refractivity contribution < 1.29 is 13.2 Å². The molecule has 0 aliphatic carbocycles. The van der Waals surface area contributed by atoms with Crippen LogP contribution in [0, 0.1) is 0 Å². The maximum atomic E-state index is 12.8. The lowest BCUT2D eigenvalue weighted by Crippen LogP contribution is -2.29. The topological polar surface area (TPSA) is 38.0 Å². The number of halogens is 5. The van der Waals surface area contributed by atoms with Crippen molar-refractivity contribution in [3.63, 3.8) is 0 Å². The van der Waals surface area contributed by atoms with Gasteiger partial charge in [-0.15, -0.1) is 0 Å². The van der Waals surface area contributed by atoms with Crippen molar-refractivity contribution in [2.75, 3.05) is 0 Å². The summed E-state index contributed by atoms with van der Waals surface area (Å²) >= 11 is 6.73. The van der Waals surface area contributed by atoms with Crippen molar-refractivity contribution in [1.82, 2.24) is 5.43 Å². The molecule has 0 spiro atoms. The molecule has 3 N–H and O–H groups in total. The molecule has 2 aromatic carbocycles. The molecule has 0 aromatic heterocycles. The molecule has 2 rings (SSSR count). The van der Waals surface area contributed by atoms with E-state index in [0.29, 0.717) is 5.56 Å². The molecule has 0 aliphatic heterocycles. The van der Waals surface area contributed by atoms with Crippen molar-refractivity contribution in [2.45, 2.75) is 12.2 Å². The Morgan fingerprint density at radius 3 is 2.38 bits per heavy atom. The third kappa shape index (κ3) is 3.85. The fraction of sp³-hybridized carbons (Fsp3) is 0.143. The van der Waals surface area contributed by atoms with Gasteiger partial charge in [0.05, 0.1) is 11.6 Å². The Kier molecular flexibility index (Phi) is 5.08. The number of alkyl halides is 3. The van der Waals surface area contributed by atoms with E-state index in [1.165, 1.54) is 6.07 Å². The largest absolute Gasteiger partial charge is 0.416 e. The van der Waals surface area contributed by atoms with Gasteiger partial charge in [0.1, 0.15) is 0 Å². The van der Waals surface area contributed by atoms with Crippen molar-refractivity contribution in [3.8, 4) is 0 Å². The van der Waals surface area contributed by atoms with E-state index in [9.17, 15) is 13.2 Å². The highest BCUT2D eigenvalue weighted by molar-refractivity contribution is 9.11. The molecule has 0 saturated carbocycles. The summed E-state index contributed by atoms with van der Waals surface area (Å²) in [5.74, 6) is 5.55. The van der Waals surface area contributed by atoms with E-state index in [1.807, 2.05) is 6.07 Å². The first-order chi connectivity index (χ1) is 9.82. The van der Waals surface area contributed by atoms with Crippen LogP contribution in [0.4, 0.5) is 13.2 Å². The number of benzene rings is 2. The molecule has 0 heterocycles. The zero-order chi connectivity index (χ0) is 15.6. The van der Waals surface area contributed by atoms with Crippen LogP contribution >= 0.6 is 31.9 Å². The van der Waals surface area contributed by atoms with Gasteiger partial charge in [0.2, 0.25) is 0 Å². The standard InChI is InChI=1S/C14H11Br2F3N2/c15-10-4-5-12(16)11(7-10)13(21-20)8-2-1-3-9(6-8)14(17,18)19/h1-7,13,21H,20H2. The van der Waals surface area contributed by atoms with Gasteiger partial charge in [-0.3, -0.25) is 5.84 Å². The van der Waals surface area contributed by atoms with E-state index >= 15 is 0 Å². The SMILES string of the molecule is NNC(c1cccc(C(F)(F)F)c1)c1cc(Br)ccc1Br. The molecule has 0 radical (unpaired) electrons. The Labute approximate surface area is 136 Å². The molecule has 7 heteroatoms. The summed E-state index contributed by atoms with van der Waals surface area (Å²) < 4.78 is 40.0. The summed E-state index contributed by atoms with van der Waals surface area (Å²) in [5.41, 5.74) is 3.04. The summed E-state index contributed by atoms with van der Waals surface area (Å²) in [6, 6.07) is 9.98. The fourth-order valence-electron chi connectivity index (χ4n) is 2.00. The summed E-state index contributed by atoms with van der Waals surface area (Å²) in [5, 5.41) is 0. The van der Waals surface area contributed by atoms with Crippen LogP contribution in [0.2, 0.25) is 0 Å². The molecule has 1 atom stereocenters. The predicted molar refractivity (Wildman–Crippen MR) is 82.5 cm³/mol. The number of nitrogens with one attached hydrogen (secondary N) is 1. The van der Waals surface area contributed by atoms with Crippen molar-refractivity contribution in [1.29, 1.82) is 0 Å². The van der Waals surface area contributed by atoms with Gasteiger partial charge in [0, 0.05) is 8.95 Å². The van der Waals surface area contributed by atoms with Gasteiger partial charge in [-0.2, -0.15) is 13.2 Å². The van der Waals surface area contributed by atoms with Gasteiger partial charge in [-0.25, -0.2) is 5.43 Å². The number of hydrazine groups is 1. The van der Waals surface area contributed by atoms with Crippen LogP contribution in [-0.2, 0) is 6.18 Å². The highest BCUT2D eigenvalue weighted by Crippen LogP contribution is 2.34. The predicted octanol–water partition coefficient (Wildman–Crippen LogP) is 4.78. The lowest BCUT2D eigenvalue weighted by atomic mass is 9.97. The van der Waals surface area contributed by atoms with Gasteiger partial charge < -0.3 is 0 Å². The number of rotatable bonds is 3. The minimum absolute atomic E-state index is 0.436. The molecule has 2 nitrogen and oxygen atoms in total. The van der Waals surface area contributed by atoms with Crippen LogP contribution in [0.1, 0.15) is 22.7 Å². The van der Waals surface area contributed by atoms with Gasteiger partial charge in [0.15, 0.2) is 0 Å². The summed E-state index contributed by atoms with van der Waals surface area (Å²) in [6.45, 7) is 0. The zero-order valence-corrected chi connectivity index (χ0v) is 13.8. The molecule has 0 bridgehead atoms. The lowest BCUT2D eigenvalue weighted by Gasteiger charge is -2.20. The van der Waals surface area contributed by atoms with Gasteiger partial charge >= 0.3 is 6.18 Å². The average Bonchev–Trinajstić information content (AvgIpc) is 2.43. The van der Waals surface area contributed by atoms with Crippen LogP contribution in [0.3, 0.4) is 0 Å². The summed E-state index contributed by atoms with van der Waals surface area (Å²) in [6.07, 6.45) is -4.39. The molecule has 21 heavy (non-hydrogen) atoms. The number of nitrogens with two attached hydrogens (primary N) is 1. The second kappa shape index (κ2) is 6.48. The zero-order valence-electron chi connectivity index (χ0n) is 10.6. The Morgan fingerprint density at radius 1 is 1.05 bits per heavy atom. The molecule has 0 fully saturated rings. The second-order valence-electron chi connectivity index (χ2n) is 4.39. The van der Waals surface area contributed by atoms with Crippen molar-refractivity contribution in [2.24, 2.45) is 5.84 Å². The van der Waals surface area contributed by atoms with Crippen molar-refractivity contribution in [3.05, 3.63) is 68.1 Å². The Bertz CT molecular complexity index is 644. The van der Waals surface area contributed by atoms with Gasteiger partial charge in [0.25, 0.3) is 0 Å². The second-order valence-corrected chi connectivity index (χ2v) is 6.16. The maximum absolute atomic E-state index is 12.8. The average molecular weight is 424 g/mol. The monoisotopic (exact) mass is 422 g/mol. The highest BCUT2D eigenvalue weighted by atomic mass is 79.9. The van der Waals surface area contributed by atoms with Crippen LogP contribution < -0.4 is 11.3 Å². The molecule has 0 amide bonds. The first-order valence-electron chi connectivity index (χ1n) is 5.91. The Balaban J connectivity index is 2.49. The maximum Gasteiger partial charge on any atom is 0.416 e. The van der Waals surface area contributed by atoms with Crippen LogP contribution in [0.25, 0.3) is 0 Å². The minimum Gasteiger partial charge on any atom is -0.271 e. The lowest BCUT2D eigenvalue weighted by molar-refractivity contribution is -0.137. The molecule has 2 aromatic rings. The third-order valence-electron chi connectivity index (χ3n) is 2.98. The number of hydrogen-bond acceptors (Lipinski definition) is 2. The fourth-order valence-corrected chi connectivity index (χ4v) is 2.85. The van der Waals surface area contributed by atoms with Gasteiger partial charge in [-0.05, 0) is 41.5 Å². The molecule has 1 unspecified atom stereocenters. The molecule has 0 aliphatic rings. The normalized spacial score (nSPS) is 13.2. The van der Waals surface area contributed by atoms with Crippen LogP contribution in [-0.4, -0.2) is 0 Å². The third-order valence-corrected chi connectivity index (χ3v) is 4.20. The van der Waals surface area contributed by atoms with E-state index in [-0.39, 0.29) is 0 Å². The number of hydrogen-bond donors (Lipinski definition) is 2. The first kappa shape index (κ1) is 16.5. The summed E-state index contributed by atoms with van der Waals surface area (Å²) in [7, 11) is 0. The minimum atomic E-state index is -4.39. The van der Waals surface area contributed by atoms with E-state index in [2.05, 4.69) is 37.3 Å². The molecule has 0 saturated heterocycles. The highest BCUT2D eigenvalue weighted by Gasteiger charge is 2.31. The summed E-state index contributed by atoms with van der Waals surface area (Å²) in [4.78, 5) is 0. The smallest absolute Gasteiger partial charge is 0.271 e. The van der Waals surface area contributed by atoms with Crippen LogP contribution in [0.5, 0.6) is 0 Å². The first-order valence-corrected chi connectivity index (χ1v) is 7.50. The van der Waals surface area contributed by atoms with E-state index in [1.54, 1.807) is 18.2 Å². The van der Waals surface area contributed by atoms with E-state index in [0.717, 1.165) is 26.6 Å². The van der Waals surface area contributed by atoms with Crippen LogP contribution in [0.15, 0.2) is 51.4 Å². The molecule has 112 valence electrons. The van der Waals surface area contributed by atoms with Gasteiger partial charge in [-0.1, -0.05) is 44.0 Å². The van der Waals surface area contributed by atoms with E-state index < -0.39 is 17.8 Å².